The van der Waals surface area contributed by atoms with E-state index >= 15 is 0 Å². The van der Waals surface area contributed by atoms with Crippen LogP contribution in [-0.2, 0) is 0 Å². The fraction of sp³-hybridized carbons (Fsp3) is 0.333. The maximum Gasteiger partial charge on any atom is 0.184 e. The van der Waals surface area contributed by atoms with Crippen molar-refractivity contribution in [1.29, 1.82) is 0 Å². The molecule has 0 aliphatic rings. The number of hydrogen-bond acceptors (Lipinski definition) is 2. The molecule has 0 fully saturated rings. The van der Waals surface area contributed by atoms with Crippen molar-refractivity contribution >= 4 is 23.0 Å². The van der Waals surface area contributed by atoms with Crippen LogP contribution in [0.1, 0.15) is 30.9 Å². The van der Waals surface area contributed by atoms with Gasteiger partial charge in [-0.15, -0.1) is 0 Å². The van der Waals surface area contributed by atoms with Crippen LogP contribution in [0.15, 0.2) is 29.4 Å². The molecular weight excluding hydrogens is 218 g/mol. The van der Waals surface area contributed by atoms with Gasteiger partial charge in [0.2, 0.25) is 0 Å². The van der Waals surface area contributed by atoms with E-state index in [9.17, 15) is 0 Å². The zero-order chi connectivity index (χ0) is 12.0. The topological polar surface area (TPSA) is 50.4 Å². The van der Waals surface area contributed by atoms with Gasteiger partial charge in [-0.05, 0) is 31.1 Å². The number of nitrogens with two attached hydrogens (primary N) is 1. The maximum absolute atomic E-state index is 5.37. The van der Waals surface area contributed by atoms with Crippen LogP contribution in [0.4, 0.5) is 0 Å². The minimum Gasteiger partial charge on any atom is -0.375 e. The molecule has 0 amide bonds. The van der Waals surface area contributed by atoms with Gasteiger partial charge in [-0.2, -0.15) is 5.10 Å². The van der Waals surface area contributed by atoms with E-state index in [1.165, 1.54) is 5.56 Å². The first-order chi connectivity index (χ1) is 7.65. The van der Waals surface area contributed by atoms with Gasteiger partial charge in [0, 0.05) is 5.56 Å². The van der Waals surface area contributed by atoms with Crippen LogP contribution < -0.4 is 11.2 Å². The van der Waals surface area contributed by atoms with Crippen LogP contribution in [0.25, 0.3) is 0 Å². The third kappa shape index (κ3) is 3.62. The average Bonchev–Trinajstić information content (AvgIpc) is 2.25. The number of nitrogens with zero attached hydrogens (tertiary/aromatic N) is 1. The smallest absolute Gasteiger partial charge is 0.184 e. The van der Waals surface area contributed by atoms with Crippen LogP contribution in [0.3, 0.4) is 0 Å². The number of nitrogens with one attached hydrogen (secondary N) is 1. The van der Waals surface area contributed by atoms with Gasteiger partial charge < -0.3 is 5.73 Å². The third-order valence-electron chi connectivity index (χ3n) is 2.24. The first kappa shape index (κ1) is 12.6. The van der Waals surface area contributed by atoms with Gasteiger partial charge >= 0.3 is 0 Å². The molecule has 0 saturated carbocycles. The number of hydrazone groups is 1. The SMILES string of the molecule is CCCC(=NNC(N)=S)c1ccccc1C. The lowest BCUT2D eigenvalue weighted by Crippen LogP contribution is -2.25. The Hall–Kier alpha value is -1.42. The summed E-state index contributed by atoms with van der Waals surface area (Å²) in [6.07, 6.45) is 1.94. The van der Waals surface area contributed by atoms with Crippen LogP contribution in [0.2, 0.25) is 0 Å². The number of benzene rings is 1. The van der Waals surface area contributed by atoms with Crippen molar-refractivity contribution in [3.8, 4) is 0 Å². The van der Waals surface area contributed by atoms with Crippen LogP contribution in [0, 0.1) is 6.92 Å². The second kappa shape index (κ2) is 6.23. The summed E-state index contributed by atoms with van der Waals surface area (Å²) in [5.74, 6) is 0. The Kier molecular flexibility index (Phi) is 4.92. The molecule has 0 unspecified atom stereocenters. The molecule has 4 heteroatoms. The highest BCUT2D eigenvalue weighted by atomic mass is 32.1. The Morgan fingerprint density at radius 1 is 1.44 bits per heavy atom. The molecule has 0 atom stereocenters. The maximum atomic E-state index is 5.37. The van der Waals surface area contributed by atoms with Gasteiger partial charge in [0.15, 0.2) is 5.11 Å². The van der Waals surface area contributed by atoms with Crippen molar-refractivity contribution in [2.24, 2.45) is 10.8 Å². The van der Waals surface area contributed by atoms with Crippen molar-refractivity contribution < 1.29 is 0 Å². The fourth-order valence-electron chi connectivity index (χ4n) is 1.51. The molecule has 0 aliphatic carbocycles. The van der Waals surface area contributed by atoms with Crippen LogP contribution >= 0.6 is 12.2 Å². The summed E-state index contributed by atoms with van der Waals surface area (Å²) in [4.78, 5) is 0. The standard InChI is InChI=1S/C12H17N3S/c1-3-6-11(14-15-12(13)16)10-8-5-4-7-9(10)2/h4-5,7-8H,3,6H2,1-2H3,(H3,13,15,16). The molecule has 3 N–H and O–H groups in total. The van der Waals surface area contributed by atoms with Crippen molar-refractivity contribution in [1.82, 2.24) is 5.43 Å². The Morgan fingerprint density at radius 2 is 2.12 bits per heavy atom. The van der Waals surface area contributed by atoms with Gasteiger partial charge in [0.05, 0.1) is 5.71 Å². The van der Waals surface area contributed by atoms with E-state index in [4.69, 9.17) is 18.0 Å². The highest BCUT2D eigenvalue weighted by Crippen LogP contribution is 2.11. The second-order valence-corrected chi connectivity index (χ2v) is 4.04. The van der Waals surface area contributed by atoms with Crippen LogP contribution in [0.5, 0.6) is 0 Å². The normalized spacial score (nSPS) is 11.2. The molecular formula is C12H17N3S. The van der Waals surface area contributed by atoms with E-state index in [0.717, 1.165) is 24.1 Å². The number of thiocarbonyl (C=S) groups is 1. The summed E-state index contributed by atoms with van der Waals surface area (Å²) in [5.41, 5.74) is 11.4. The molecule has 0 heterocycles. The molecule has 0 aromatic heterocycles. The lowest BCUT2D eigenvalue weighted by atomic mass is 10.0. The zero-order valence-electron chi connectivity index (χ0n) is 9.66. The van der Waals surface area contributed by atoms with E-state index in [0.29, 0.717) is 0 Å². The van der Waals surface area contributed by atoms with Gasteiger partial charge in [-0.3, -0.25) is 5.43 Å². The second-order valence-electron chi connectivity index (χ2n) is 3.60. The molecule has 0 bridgehead atoms. The third-order valence-corrected chi connectivity index (χ3v) is 2.34. The summed E-state index contributed by atoms with van der Waals surface area (Å²) in [6.45, 7) is 4.19. The molecule has 0 spiro atoms. The number of rotatable bonds is 4. The van der Waals surface area contributed by atoms with E-state index in [1.54, 1.807) is 0 Å². The Labute approximate surface area is 102 Å². The molecule has 1 rings (SSSR count). The highest BCUT2D eigenvalue weighted by Gasteiger charge is 2.05. The minimum atomic E-state index is 0.196. The van der Waals surface area contributed by atoms with Crippen molar-refractivity contribution in [2.75, 3.05) is 0 Å². The average molecular weight is 235 g/mol. The van der Waals surface area contributed by atoms with E-state index in [-0.39, 0.29) is 5.11 Å². The summed E-state index contributed by atoms with van der Waals surface area (Å²) in [7, 11) is 0. The van der Waals surface area contributed by atoms with Crippen LogP contribution in [-0.4, -0.2) is 10.8 Å². The molecule has 1 aromatic carbocycles. The predicted molar refractivity (Wildman–Crippen MR) is 72.5 cm³/mol. The zero-order valence-corrected chi connectivity index (χ0v) is 10.5. The molecule has 86 valence electrons. The molecule has 0 aliphatic heterocycles. The lowest BCUT2D eigenvalue weighted by molar-refractivity contribution is 0.950. The molecule has 0 saturated heterocycles. The predicted octanol–water partition coefficient (Wildman–Crippen LogP) is 2.33. The highest BCUT2D eigenvalue weighted by molar-refractivity contribution is 7.80. The minimum absolute atomic E-state index is 0.196. The molecule has 0 radical (unpaired) electrons. The van der Waals surface area contributed by atoms with E-state index in [1.807, 2.05) is 12.1 Å². The van der Waals surface area contributed by atoms with Gasteiger partial charge in [-0.25, -0.2) is 0 Å². The Bertz CT molecular complexity index is 399. The molecule has 1 aromatic rings. The Morgan fingerprint density at radius 3 is 2.69 bits per heavy atom. The monoisotopic (exact) mass is 235 g/mol. The first-order valence-electron chi connectivity index (χ1n) is 5.33. The summed E-state index contributed by atoms with van der Waals surface area (Å²) < 4.78 is 0. The van der Waals surface area contributed by atoms with E-state index in [2.05, 4.69) is 36.5 Å². The molecule has 16 heavy (non-hydrogen) atoms. The largest absolute Gasteiger partial charge is 0.375 e. The van der Waals surface area contributed by atoms with Crippen molar-refractivity contribution in [2.45, 2.75) is 26.7 Å². The Balaban J connectivity index is 2.98. The van der Waals surface area contributed by atoms with Crippen molar-refractivity contribution in [3.05, 3.63) is 35.4 Å². The number of hydrogen-bond donors (Lipinski definition) is 2. The molecule has 3 nitrogen and oxygen atoms in total. The van der Waals surface area contributed by atoms with E-state index < -0.39 is 0 Å². The van der Waals surface area contributed by atoms with Gasteiger partial charge in [0.1, 0.15) is 0 Å². The summed E-state index contributed by atoms with van der Waals surface area (Å²) in [5, 5.41) is 4.44. The van der Waals surface area contributed by atoms with Gasteiger partial charge in [-0.1, -0.05) is 37.6 Å². The quantitative estimate of drug-likeness (QED) is 0.478. The number of aryl methyl sites for hydroxylation is 1. The fourth-order valence-corrected chi connectivity index (χ4v) is 1.55. The summed E-state index contributed by atoms with van der Waals surface area (Å²) >= 11 is 4.74. The first-order valence-corrected chi connectivity index (χ1v) is 5.74. The van der Waals surface area contributed by atoms with Gasteiger partial charge in [0.25, 0.3) is 0 Å². The van der Waals surface area contributed by atoms with Crippen molar-refractivity contribution in [3.63, 3.8) is 0 Å². The summed E-state index contributed by atoms with van der Waals surface area (Å²) in [6, 6.07) is 8.16. The lowest BCUT2D eigenvalue weighted by Gasteiger charge is -2.08.